The Morgan fingerprint density at radius 1 is 1.41 bits per heavy atom. The lowest BCUT2D eigenvalue weighted by molar-refractivity contribution is -0.147. The number of nitrogens with one attached hydrogen (secondary N) is 2. The third-order valence-electron chi connectivity index (χ3n) is 4.77. The molecule has 6 atom stereocenters. The lowest BCUT2D eigenvalue weighted by atomic mass is 10.0. The predicted molar refractivity (Wildman–Crippen MR) is 101 cm³/mol. The topological polar surface area (TPSA) is 138 Å². The molecule has 11 nitrogen and oxygen atoms in total. The zero-order valence-corrected chi connectivity index (χ0v) is 17.6. The summed E-state index contributed by atoms with van der Waals surface area (Å²) in [5, 5.41) is 2.76. The minimum atomic E-state index is -3.66. The van der Waals surface area contributed by atoms with Gasteiger partial charge in [-0.15, -0.1) is 0 Å². The van der Waals surface area contributed by atoms with E-state index in [1.54, 1.807) is 27.7 Å². The maximum absolute atomic E-state index is 13.0. The number of aromatic amines is 1. The molecule has 0 bridgehead atoms. The number of aromatic nitrogens is 2. The van der Waals surface area contributed by atoms with Gasteiger partial charge in [-0.1, -0.05) is 20.8 Å². The van der Waals surface area contributed by atoms with Crippen molar-refractivity contribution in [3.8, 4) is 0 Å². The van der Waals surface area contributed by atoms with Gasteiger partial charge < -0.3 is 9.47 Å². The van der Waals surface area contributed by atoms with Crippen LogP contribution in [0.25, 0.3) is 0 Å². The molecule has 12 heteroatoms. The summed E-state index contributed by atoms with van der Waals surface area (Å²) < 4.78 is 36.4. The second kappa shape index (κ2) is 8.53. The van der Waals surface area contributed by atoms with Gasteiger partial charge in [-0.25, -0.2) is 14.4 Å². The summed E-state index contributed by atoms with van der Waals surface area (Å²) >= 11 is 0. The van der Waals surface area contributed by atoms with Gasteiger partial charge in [0.25, 0.3) is 5.56 Å². The third kappa shape index (κ3) is 4.87. The van der Waals surface area contributed by atoms with E-state index in [0.717, 1.165) is 0 Å². The molecule has 0 aliphatic carbocycles. The zero-order chi connectivity index (χ0) is 21.3. The first-order valence-electron chi connectivity index (χ1n) is 9.44. The Bertz CT molecular complexity index is 912. The van der Waals surface area contributed by atoms with E-state index in [2.05, 4.69) is 10.1 Å². The molecule has 162 valence electrons. The molecule has 2 N–H and O–H groups in total. The molecule has 0 radical (unpaired) electrons. The van der Waals surface area contributed by atoms with E-state index in [9.17, 15) is 18.9 Å². The number of hydrogen-bond donors (Lipinski definition) is 2. The quantitative estimate of drug-likeness (QED) is 0.494. The van der Waals surface area contributed by atoms with Gasteiger partial charge in [-0.3, -0.25) is 28.2 Å². The number of rotatable bonds is 6. The fraction of sp³-hybridized carbons (Fsp3) is 0.706. The molecule has 2 aliphatic rings. The molecule has 1 aromatic heterocycles. The summed E-state index contributed by atoms with van der Waals surface area (Å²) in [7, 11) is -3.66. The van der Waals surface area contributed by atoms with E-state index >= 15 is 0 Å². The van der Waals surface area contributed by atoms with Crippen molar-refractivity contribution < 1.29 is 27.9 Å². The van der Waals surface area contributed by atoms with E-state index in [1.807, 2.05) is 0 Å². The van der Waals surface area contributed by atoms with Gasteiger partial charge >= 0.3 is 19.4 Å². The summed E-state index contributed by atoms with van der Waals surface area (Å²) in [5.74, 6) is -0.947. The number of esters is 1. The molecule has 29 heavy (non-hydrogen) atoms. The predicted octanol–water partition coefficient (Wildman–Crippen LogP) is 0.771. The van der Waals surface area contributed by atoms with E-state index in [1.165, 1.54) is 16.8 Å². The van der Waals surface area contributed by atoms with Crippen LogP contribution in [0.15, 0.2) is 21.9 Å². The van der Waals surface area contributed by atoms with Crippen molar-refractivity contribution in [2.24, 2.45) is 11.8 Å². The molecule has 0 amide bonds. The Morgan fingerprint density at radius 2 is 2.14 bits per heavy atom. The van der Waals surface area contributed by atoms with Crippen molar-refractivity contribution in [2.75, 3.05) is 13.2 Å². The van der Waals surface area contributed by atoms with Crippen molar-refractivity contribution in [1.82, 2.24) is 14.6 Å². The standard InChI is InChI=1S/C17H26N3O8P/c1-9(2)16(22)25-7-10(3)19-29(24)26-8-12-14(28-29)11(4)15(27-12)20-6-5-13(21)18-17(20)23/h5-6,9-12,14-15H,7-8H2,1-4H3,(H,19,24)(H,18,21,23). The highest BCUT2D eigenvalue weighted by Crippen LogP contribution is 2.54. The molecular weight excluding hydrogens is 405 g/mol. The minimum absolute atomic E-state index is 0.00634. The first kappa shape index (κ1) is 21.9. The number of hydrogen-bond acceptors (Lipinski definition) is 8. The Morgan fingerprint density at radius 3 is 2.79 bits per heavy atom. The van der Waals surface area contributed by atoms with Gasteiger partial charge in [-0.05, 0) is 6.92 Å². The van der Waals surface area contributed by atoms with Crippen molar-refractivity contribution in [3.63, 3.8) is 0 Å². The van der Waals surface area contributed by atoms with Crippen LogP contribution in [-0.4, -0.2) is 47.0 Å². The van der Waals surface area contributed by atoms with Crippen LogP contribution >= 0.6 is 7.75 Å². The van der Waals surface area contributed by atoms with Crippen LogP contribution in [0.3, 0.4) is 0 Å². The fourth-order valence-corrected chi connectivity index (χ4v) is 5.04. The van der Waals surface area contributed by atoms with Gasteiger partial charge in [0.15, 0.2) is 0 Å². The molecule has 6 unspecified atom stereocenters. The van der Waals surface area contributed by atoms with E-state index < -0.39 is 43.5 Å². The largest absolute Gasteiger partial charge is 0.464 e. The fourth-order valence-electron chi connectivity index (χ4n) is 3.24. The number of fused-ring (bicyclic) bond motifs is 1. The van der Waals surface area contributed by atoms with Crippen molar-refractivity contribution in [3.05, 3.63) is 33.1 Å². The molecule has 2 aliphatic heterocycles. The van der Waals surface area contributed by atoms with Crippen LogP contribution in [0.5, 0.6) is 0 Å². The Hall–Kier alpha value is -1.78. The second-order valence-electron chi connectivity index (χ2n) is 7.62. The Labute approximate surface area is 167 Å². The van der Waals surface area contributed by atoms with Gasteiger partial charge in [0.05, 0.1) is 12.5 Å². The highest BCUT2D eigenvalue weighted by Gasteiger charge is 2.51. The number of ether oxygens (including phenoxy) is 2. The van der Waals surface area contributed by atoms with E-state index in [0.29, 0.717) is 0 Å². The summed E-state index contributed by atoms with van der Waals surface area (Å²) in [4.78, 5) is 37.1. The first-order valence-corrected chi connectivity index (χ1v) is 11.0. The zero-order valence-electron chi connectivity index (χ0n) is 16.7. The molecule has 0 aromatic carbocycles. The highest BCUT2D eigenvalue weighted by atomic mass is 31.2. The third-order valence-corrected chi connectivity index (χ3v) is 6.54. The molecule has 3 heterocycles. The van der Waals surface area contributed by atoms with Gasteiger partial charge in [-0.2, -0.15) is 0 Å². The van der Waals surface area contributed by atoms with Gasteiger partial charge in [0.2, 0.25) is 0 Å². The summed E-state index contributed by atoms with van der Waals surface area (Å²) in [6.45, 7) is 6.97. The Kier molecular flexibility index (Phi) is 6.45. The van der Waals surface area contributed by atoms with Crippen molar-refractivity contribution in [2.45, 2.75) is 52.2 Å². The monoisotopic (exact) mass is 431 g/mol. The smallest absolute Gasteiger partial charge is 0.406 e. The highest BCUT2D eigenvalue weighted by molar-refractivity contribution is 7.51. The Balaban J connectivity index is 1.65. The van der Waals surface area contributed by atoms with Gasteiger partial charge in [0.1, 0.15) is 25.0 Å². The SMILES string of the molecule is CC(COC(=O)C(C)C)NP1(=O)OCC2OC(n3ccc(=O)[nH]c3=O)C(C)C2O1. The normalized spacial score (nSPS) is 32.7. The number of carbonyl (C=O) groups excluding carboxylic acids is 1. The molecule has 2 fully saturated rings. The number of H-pyrrole nitrogens is 1. The lowest BCUT2D eigenvalue weighted by Crippen LogP contribution is -2.41. The maximum atomic E-state index is 13.0. The van der Waals surface area contributed by atoms with Crippen LogP contribution in [-0.2, 0) is 27.9 Å². The minimum Gasteiger partial charge on any atom is -0.464 e. The van der Waals surface area contributed by atoms with Crippen LogP contribution < -0.4 is 16.3 Å². The van der Waals surface area contributed by atoms with Crippen LogP contribution in [0.4, 0.5) is 0 Å². The molecule has 3 rings (SSSR count). The van der Waals surface area contributed by atoms with Gasteiger partial charge in [0, 0.05) is 24.2 Å². The lowest BCUT2D eigenvalue weighted by Gasteiger charge is -2.33. The maximum Gasteiger partial charge on any atom is 0.406 e. The molecule has 0 saturated carbocycles. The number of nitrogens with zero attached hydrogens (tertiary/aromatic N) is 1. The summed E-state index contributed by atoms with van der Waals surface area (Å²) in [5.41, 5.74) is -1.11. The molecule has 0 spiro atoms. The molecule has 2 saturated heterocycles. The number of carbonyl (C=O) groups is 1. The molecular formula is C17H26N3O8P. The van der Waals surface area contributed by atoms with Crippen molar-refractivity contribution >= 4 is 13.7 Å². The average molecular weight is 431 g/mol. The van der Waals surface area contributed by atoms with Crippen LogP contribution in [0.1, 0.15) is 33.9 Å². The van der Waals surface area contributed by atoms with Crippen LogP contribution in [0, 0.1) is 11.8 Å². The molecule has 1 aromatic rings. The second-order valence-corrected chi connectivity index (χ2v) is 9.34. The van der Waals surface area contributed by atoms with Crippen LogP contribution in [0.2, 0.25) is 0 Å². The van der Waals surface area contributed by atoms with E-state index in [-0.39, 0.29) is 31.0 Å². The van der Waals surface area contributed by atoms with Crippen molar-refractivity contribution in [1.29, 1.82) is 0 Å². The average Bonchev–Trinajstić information content (AvgIpc) is 2.95. The van der Waals surface area contributed by atoms with E-state index in [4.69, 9.17) is 18.5 Å². The summed E-state index contributed by atoms with van der Waals surface area (Å²) in [6.07, 6.45) is -0.458. The first-order chi connectivity index (χ1) is 13.6. The summed E-state index contributed by atoms with van der Waals surface area (Å²) in [6, 6.07) is 0.763.